The van der Waals surface area contributed by atoms with Crippen molar-refractivity contribution >= 4 is 23.4 Å². The molecule has 7 rings (SSSR count). The van der Waals surface area contributed by atoms with Gasteiger partial charge in [0.1, 0.15) is 11.6 Å². The normalized spacial score (nSPS) is 21.6. The number of fused-ring (bicyclic) bond motifs is 3. The van der Waals surface area contributed by atoms with Crippen molar-refractivity contribution in [3.05, 3.63) is 58.8 Å². The fourth-order valence-electron chi connectivity index (χ4n) is 5.50. The summed E-state index contributed by atoms with van der Waals surface area (Å²) in [6.45, 7) is 5.46. The van der Waals surface area contributed by atoms with E-state index in [1.165, 1.54) is 30.7 Å². The second-order valence-corrected chi connectivity index (χ2v) is 10.1. The van der Waals surface area contributed by atoms with Crippen LogP contribution in [0.4, 0.5) is 16.2 Å². The Labute approximate surface area is 190 Å². The maximum Gasteiger partial charge on any atom is 0.231 e. The molecular formula is C23H23ClFN7. The predicted molar refractivity (Wildman–Crippen MR) is 120 cm³/mol. The van der Waals surface area contributed by atoms with Crippen LogP contribution >= 0.6 is 11.6 Å². The van der Waals surface area contributed by atoms with Gasteiger partial charge < -0.3 is 9.80 Å². The SMILES string of the molecule is Fc1ccc(N2CC3(C2)CN(c2nnc4n2-c2ccc(Cl)cc2CN(C2CC2)C4)C3)nc1. The van der Waals surface area contributed by atoms with Crippen molar-refractivity contribution in [3.8, 4) is 5.69 Å². The van der Waals surface area contributed by atoms with E-state index in [4.69, 9.17) is 11.6 Å². The van der Waals surface area contributed by atoms with Crippen molar-refractivity contribution in [1.82, 2.24) is 24.6 Å². The Morgan fingerprint density at radius 2 is 1.78 bits per heavy atom. The van der Waals surface area contributed by atoms with Crippen LogP contribution in [0.25, 0.3) is 5.69 Å². The van der Waals surface area contributed by atoms with Crippen LogP contribution in [0.2, 0.25) is 5.02 Å². The van der Waals surface area contributed by atoms with E-state index < -0.39 is 0 Å². The van der Waals surface area contributed by atoms with Crippen molar-refractivity contribution in [3.63, 3.8) is 0 Å². The third-order valence-electron chi connectivity index (χ3n) is 7.20. The molecule has 164 valence electrons. The summed E-state index contributed by atoms with van der Waals surface area (Å²) in [5, 5.41) is 9.99. The molecule has 3 aliphatic heterocycles. The van der Waals surface area contributed by atoms with Crippen LogP contribution in [0, 0.1) is 11.2 Å². The first kappa shape index (κ1) is 18.8. The van der Waals surface area contributed by atoms with Crippen molar-refractivity contribution in [2.45, 2.75) is 32.0 Å². The summed E-state index contributed by atoms with van der Waals surface area (Å²) in [7, 11) is 0. The van der Waals surface area contributed by atoms with Gasteiger partial charge >= 0.3 is 0 Å². The van der Waals surface area contributed by atoms with E-state index in [0.717, 1.165) is 67.6 Å². The van der Waals surface area contributed by atoms with Gasteiger partial charge in [-0.25, -0.2) is 9.37 Å². The minimum atomic E-state index is -0.298. The molecule has 0 radical (unpaired) electrons. The van der Waals surface area contributed by atoms with E-state index in [-0.39, 0.29) is 11.2 Å². The second kappa shape index (κ2) is 6.65. The number of benzene rings is 1. The highest BCUT2D eigenvalue weighted by atomic mass is 35.5. The van der Waals surface area contributed by atoms with Gasteiger partial charge in [0.25, 0.3) is 0 Å². The molecule has 4 aliphatic rings. The number of pyridine rings is 1. The van der Waals surface area contributed by atoms with Crippen molar-refractivity contribution in [2.75, 3.05) is 36.0 Å². The zero-order valence-corrected chi connectivity index (χ0v) is 18.3. The monoisotopic (exact) mass is 451 g/mol. The molecule has 2 aromatic heterocycles. The summed E-state index contributed by atoms with van der Waals surface area (Å²) < 4.78 is 15.4. The van der Waals surface area contributed by atoms with Crippen LogP contribution in [0.5, 0.6) is 0 Å². The summed E-state index contributed by atoms with van der Waals surface area (Å²) in [6, 6.07) is 10.0. The van der Waals surface area contributed by atoms with E-state index in [1.54, 1.807) is 6.07 Å². The highest BCUT2D eigenvalue weighted by molar-refractivity contribution is 6.30. The molecule has 3 aromatic rings. The lowest BCUT2D eigenvalue weighted by Gasteiger charge is -2.60. The lowest BCUT2D eigenvalue weighted by atomic mass is 9.73. The van der Waals surface area contributed by atoms with Crippen molar-refractivity contribution in [1.29, 1.82) is 0 Å². The fraction of sp³-hybridized carbons (Fsp3) is 0.435. The highest BCUT2D eigenvalue weighted by Crippen LogP contribution is 2.44. The molecule has 9 heteroatoms. The number of anilines is 2. The van der Waals surface area contributed by atoms with Gasteiger partial charge in [0.05, 0.1) is 18.4 Å². The first-order valence-electron chi connectivity index (χ1n) is 11.2. The quantitative estimate of drug-likeness (QED) is 0.609. The molecule has 0 unspecified atom stereocenters. The Bertz CT molecular complexity index is 1190. The Balaban J connectivity index is 1.14. The lowest BCUT2D eigenvalue weighted by molar-refractivity contribution is 0.153. The molecule has 1 spiro atoms. The molecule has 3 fully saturated rings. The van der Waals surface area contributed by atoms with Crippen LogP contribution in [0.1, 0.15) is 24.2 Å². The first-order chi connectivity index (χ1) is 15.6. The second-order valence-electron chi connectivity index (χ2n) is 9.71. The molecule has 2 saturated heterocycles. The molecule has 5 heterocycles. The van der Waals surface area contributed by atoms with Crippen LogP contribution < -0.4 is 9.80 Å². The summed E-state index contributed by atoms with van der Waals surface area (Å²) in [4.78, 5) is 11.3. The third kappa shape index (κ3) is 2.93. The molecule has 7 nitrogen and oxygen atoms in total. The number of hydrogen-bond acceptors (Lipinski definition) is 6. The van der Waals surface area contributed by atoms with E-state index in [9.17, 15) is 4.39 Å². The summed E-state index contributed by atoms with van der Waals surface area (Å²) >= 11 is 6.35. The maximum atomic E-state index is 13.2. The van der Waals surface area contributed by atoms with Gasteiger partial charge in [-0.3, -0.25) is 9.47 Å². The Morgan fingerprint density at radius 3 is 2.53 bits per heavy atom. The van der Waals surface area contributed by atoms with Crippen LogP contribution in [-0.2, 0) is 13.1 Å². The van der Waals surface area contributed by atoms with E-state index >= 15 is 0 Å². The lowest BCUT2D eigenvalue weighted by Crippen LogP contribution is -2.73. The Kier molecular flexibility index (Phi) is 3.91. The van der Waals surface area contributed by atoms with Crippen molar-refractivity contribution < 1.29 is 4.39 Å². The van der Waals surface area contributed by atoms with Crippen molar-refractivity contribution in [2.24, 2.45) is 5.41 Å². The van der Waals surface area contributed by atoms with Crippen LogP contribution in [0.15, 0.2) is 36.5 Å². The number of hydrogen-bond donors (Lipinski definition) is 0. The molecule has 0 bridgehead atoms. The van der Waals surface area contributed by atoms with Gasteiger partial charge in [-0.15, -0.1) is 10.2 Å². The first-order valence-corrected chi connectivity index (χ1v) is 11.5. The van der Waals surface area contributed by atoms with Crippen LogP contribution in [-0.4, -0.2) is 56.9 Å². The van der Waals surface area contributed by atoms with E-state index in [0.29, 0.717) is 6.04 Å². The largest absolute Gasteiger partial charge is 0.355 e. The topological polar surface area (TPSA) is 53.3 Å². The number of aromatic nitrogens is 4. The summed E-state index contributed by atoms with van der Waals surface area (Å²) in [5.74, 6) is 2.47. The standard InChI is InChI=1S/C23H23ClFN7/c24-16-1-5-19-15(7-16)9-29(18-3-4-18)10-21-27-28-22(32(19)21)31-13-23(14-31)11-30(12-23)20-6-2-17(25)8-26-20/h1-2,5-8,18H,3-4,9-14H2. The number of nitrogens with zero attached hydrogens (tertiary/aromatic N) is 7. The third-order valence-corrected chi connectivity index (χ3v) is 7.44. The molecule has 0 N–H and O–H groups in total. The maximum absolute atomic E-state index is 13.2. The highest BCUT2D eigenvalue weighted by Gasteiger charge is 2.53. The van der Waals surface area contributed by atoms with Gasteiger partial charge in [-0.05, 0) is 48.7 Å². The molecule has 1 aromatic carbocycles. The zero-order valence-electron chi connectivity index (χ0n) is 17.6. The predicted octanol–water partition coefficient (Wildman–Crippen LogP) is 3.26. The summed E-state index contributed by atoms with van der Waals surface area (Å²) in [5.41, 5.74) is 2.62. The number of halogens is 2. The molecule has 0 amide bonds. The average molecular weight is 452 g/mol. The van der Waals surface area contributed by atoms with Gasteiger partial charge in [-0.1, -0.05) is 11.6 Å². The Hall–Kier alpha value is -2.71. The molecular weight excluding hydrogens is 429 g/mol. The smallest absolute Gasteiger partial charge is 0.231 e. The minimum Gasteiger partial charge on any atom is -0.355 e. The van der Waals surface area contributed by atoms with E-state index in [2.05, 4.69) is 46.6 Å². The van der Waals surface area contributed by atoms with E-state index in [1.807, 2.05) is 6.07 Å². The average Bonchev–Trinajstić information content (AvgIpc) is 3.51. The van der Waals surface area contributed by atoms with Gasteiger partial charge in [0.15, 0.2) is 5.82 Å². The van der Waals surface area contributed by atoms with Gasteiger partial charge in [0, 0.05) is 49.2 Å². The molecule has 0 atom stereocenters. The van der Waals surface area contributed by atoms with Gasteiger partial charge in [-0.2, -0.15) is 0 Å². The summed E-state index contributed by atoms with van der Waals surface area (Å²) in [6.07, 6.45) is 3.80. The van der Waals surface area contributed by atoms with Gasteiger partial charge in [0.2, 0.25) is 5.95 Å². The molecule has 1 aliphatic carbocycles. The number of rotatable bonds is 3. The molecule has 1 saturated carbocycles. The fourth-order valence-corrected chi connectivity index (χ4v) is 5.69. The zero-order chi connectivity index (χ0) is 21.4. The van der Waals surface area contributed by atoms with Crippen LogP contribution in [0.3, 0.4) is 0 Å². The molecule has 32 heavy (non-hydrogen) atoms. The Morgan fingerprint density at radius 1 is 0.969 bits per heavy atom. The minimum absolute atomic E-state index is 0.246.